The van der Waals surface area contributed by atoms with Crippen LogP contribution in [-0.2, 0) is 6.54 Å². The van der Waals surface area contributed by atoms with Gasteiger partial charge in [0.15, 0.2) is 0 Å². The highest BCUT2D eigenvalue weighted by Crippen LogP contribution is 2.06. The fraction of sp³-hybridized carbons (Fsp3) is 0.111. The van der Waals surface area contributed by atoms with Crippen molar-refractivity contribution in [2.24, 2.45) is 0 Å². The molecule has 0 N–H and O–H groups in total. The molecule has 15 heavy (non-hydrogen) atoms. The molecule has 5 nitrogen and oxygen atoms in total. The summed E-state index contributed by atoms with van der Waals surface area (Å²) < 4.78 is 1.57. The summed E-state index contributed by atoms with van der Waals surface area (Å²) in [6, 6.07) is 5.42. The molecule has 2 rings (SSSR count). The van der Waals surface area contributed by atoms with Crippen LogP contribution in [0.15, 0.2) is 24.7 Å². The largest absolute Gasteiger partial charge is 0.252 e. The minimum absolute atomic E-state index is 0.164. The summed E-state index contributed by atoms with van der Waals surface area (Å²) in [6.07, 6.45) is 3.17. The lowest BCUT2D eigenvalue weighted by molar-refractivity contribution is 0.680. The number of aromatic nitrogens is 4. The predicted molar refractivity (Wildman–Crippen MR) is 53.1 cm³/mol. The van der Waals surface area contributed by atoms with Crippen molar-refractivity contribution in [1.82, 2.24) is 19.7 Å². The molecule has 6 heteroatoms. The van der Waals surface area contributed by atoms with Gasteiger partial charge in [-0.25, -0.2) is 14.6 Å². The van der Waals surface area contributed by atoms with E-state index in [0.717, 1.165) is 5.56 Å². The first-order valence-corrected chi connectivity index (χ1v) is 4.56. The highest BCUT2D eigenvalue weighted by molar-refractivity contribution is 6.29. The van der Waals surface area contributed by atoms with Gasteiger partial charge in [0.05, 0.1) is 6.54 Å². The van der Waals surface area contributed by atoms with E-state index in [1.165, 1.54) is 6.33 Å². The SMILES string of the molecule is N#Cc1ncn(Cc2ccc(Cl)nc2)n1. The van der Waals surface area contributed by atoms with E-state index in [2.05, 4.69) is 15.1 Å². The maximum absolute atomic E-state index is 8.54. The molecule has 0 aliphatic heterocycles. The molecule has 0 aliphatic carbocycles. The molecule has 0 bridgehead atoms. The smallest absolute Gasteiger partial charge is 0.247 e. The molecule has 0 saturated heterocycles. The van der Waals surface area contributed by atoms with Crippen molar-refractivity contribution in [1.29, 1.82) is 5.26 Å². The Morgan fingerprint density at radius 1 is 1.40 bits per heavy atom. The van der Waals surface area contributed by atoms with Crippen LogP contribution in [0.1, 0.15) is 11.4 Å². The Morgan fingerprint density at radius 2 is 2.27 bits per heavy atom. The van der Waals surface area contributed by atoms with Crippen molar-refractivity contribution in [3.05, 3.63) is 41.2 Å². The fourth-order valence-electron chi connectivity index (χ4n) is 1.11. The van der Waals surface area contributed by atoms with Crippen molar-refractivity contribution in [2.75, 3.05) is 0 Å². The summed E-state index contributed by atoms with van der Waals surface area (Å²) in [5, 5.41) is 12.9. The molecule has 0 saturated carbocycles. The third-order valence-corrected chi connectivity index (χ3v) is 1.99. The number of pyridine rings is 1. The zero-order valence-corrected chi connectivity index (χ0v) is 8.39. The molecule has 0 aromatic carbocycles. The van der Waals surface area contributed by atoms with E-state index >= 15 is 0 Å². The lowest BCUT2D eigenvalue weighted by Crippen LogP contribution is -2.00. The molecular weight excluding hydrogens is 214 g/mol. The summed E-state index contributed by atoms with van der Waals surface area (Å²) in [5.41, 5.74) is 0.953. The number of hydrogen-bond acceptors (Lipinski definition) is 4. The maximum atomic E-state index is 8.54. The monoisotopic (exact) mass is 219 g/mol. The normalized spacial score (nSPS) is 9.87. The number of nitriles is 1. The van der Waals surface area contributed by atoms with Gasteiger partial charge in [-0.1, -0.05) is 17.7 Å². The van der Waals surface area contributed by atoms with Crippen LogP contribution in [0, 0.1) is 11.3 Å². The predicted octanol–water partition coefficient (Wildman–Crippen LogP) is 1.25. The Bertz CT molecular complexity index is 496. The van der Waals surface area contributed by atoms with Crippen LogP contribution in [0.25, 0.3) is 0 Å². The second-order valence-electron chi connectivity index (χ2n) is 2.87. The van der Waals surface area contributed by atoms with Gasteiger partial charge in [-0.15, -0.1) is 5.10 Å². The highest BCUT2D eigenvalue weighted by Gasteiger charge is 2.00. The zero-order valence-electron chi connectivity index (χ0n) is 7.63. The van der Waals surface area contributed by atoms with Gasteiger partial charge in [-0.3, -0.25) is 0 Å². The van der Waals surface area contributed by atoms with Gasteiger partial charge in [0.25, 0.3) is 5.82 Å². The molecular formula is C9H6ClN5. The van der Waals surface area contributed by atoms with Gasteiger partial charge in [-0.2, -0.15) is 5.26 Å². The Morgan fingerprint density at radius 3 is 2.87 bits per heavy atom. The molecule has 2 aromatic rings. The summed E-state index contributed by atoms with van der Waals surface area (Å²) in [7, 11) is 0. The van der Waals surface area contributed by atoms with E-state index in [-0.39, 0.29) is 5.82 Å². The molecule has 0 spiro atoms. The minimum atomic E-state index is 0.164. The number of hydrogen-bond donors (Lipinski definition) is 0. The average Bonchev–Trinajstić information content (AvgIpc) is 2.69. The zero-order chi connectivity index (χ0) is 10.7. The van der Waals surface area contributed by atoms with Gasteiger partial charge in [-0.05, 0) is 11.6 Å². The van der Waals surface area contributed by atoms with Crippen molar-refractivity contribution >= 4 is 11.6 Å². The third-order valence-electron chi connectivity index (χ3n) is 1.77. The second kappa shape index (κ2) is 4.07. The van der Waals surface area contributed by atoms with Gasteiger partial charge in [0.1, 0.15) is 17.5 Å². The van der Waals surface area contributed by atoms with Crippen LogP contribution in [-0.4, -0.2) is 19.7 Å². The first-order valence-electron chi connectivity index (χ1n) is 4.18. The van der Waals surface area contributed by atoms with Crippen LogP contribution in [0.5, 0.6) is 0 Å². The molecule has 0 amide bonds. The average molecular weight is 220 g/mol. The van der Waals surface area contributed by atoms with E-state index in [0.29, 0.717) is 11.7 Å². The van der Waals surface area contributed by atoms with Crippen molar-refractivity contribution in [3.8, 4) is 6.07 Å². The molecule has 0 fully saturated rings. The van der Waals surface area contributed by atoms with E-state index < -0.39 is 0 Å². The molecule has 0 radical (unpaired) electrons. The summed E-state index contributed by atoms with van der Waals surface area (Å²) in [5.74, 6) is 0.164. The topological polar surface area (TPSA) is 67.4 Å². The Labute approximate surface area is 91.0 Å². The van der Waals surface area contributed by atoms with Gasteiger partial charge >= 0.3 is 0 Å². The summed E-state index contributed by atoms with van der Waals surface area (Å²) in [6.45, 7) is 0.527. The molecule has 2 aromatic heterocycles. The highest BCUT2D eigenvalue weighted by atomic mass is 35.5. The van der Waals surface area contributed by atoms with E-state index in [9.17, 15) is 0 Å². The van der Waals surface area contributed by atoms with E-state index in [1.54, 1.807) is 16.9 Å². The number of nitrogens with zero attached hydrogens (tertiary/aromatic N) is 5. The molecule has 74 valence electrons. The van der Waals surface area contributed by atoms with Gasteiger partial charge < -0.3 is 0 Å². The van der Waals surface area contributed by atoms with Crippen molar-refractivity contribution < 1.29 is 0 Å². The fourth-order valence-corrected chi connectivity index (χ4v) is 1.22. The third kappa shape index (κ3) is 2.30. The Kier molecular flexibility index (Phi) is 2.61. The molecule has 2 heterocycles. The van der Waals surface area contributed by atoms with Crippen LogP contribution in [0.3, 0.4) is 0 Å². The standard InChI is InChI=1S/C9H6ClN5/c10-8-2-1-7(4-12-8)5-15-6-13-9(3-11)14-15/h1-2,4,6H,5H2. The Balaban J connectivity index is 2.15. The van der Waals surface area contributed by atoms with Crippen LogP contribution in [0.2, 0.25) is 5.15 Å². The van der Waals surface area contributed by atoms with Crippen molar-refractivity contribution in [2.45, 2.75) is 6.54 Å². The van der Waals surface area contributed by atoms with Crippen LogP contribution < -0.4 is 0 Å². The van der Waals surface area contributed by atoms with Gasteiger partial charge in [0.2, 0.25) is 0 Å². The lowest BCUT2D eigenvalue weighted by Gasteiger charge is -1.99. The quantitative estimate of drug-likeness (QED) is 0.713. The van der Waals surface area contributed by atoms with Crippen LogP contribution >= 0.6 is 11.6 Å². The van der Waals surface area contributed by atoms with Crippen molar-refractivity contribution in [3.63, 3.8) is 0 Å². The van der Waals surface area contributed by atoms with Gasteiger partial charge in [0, 0.05) is 6.20 Å². The molecule has 0 atom stereocenters. The summed E-state index contributed by atoms with van der Waals surface area (Å²) >= 11 is 5.65. The van der Waals surface area contributed by atoms with E-state index in [1.807, 2.05) is 12.1 Å². The Hall–Kier alpha value is -1.93. The first-order chi connectivity index (χ1) is 7.28. The van der Waals surface area contributed by atoms with E-state index in [4.69, 9.17) is 16.9 Å². The molecule has 0 unspecified atom stereocenters. The molecule has 0 aliphatic rings. The second-order valence-corrected chi connectivity index (χ2v) is 3.25. The lowest BCUT2D eigenvalue weighted by atomic mass is 10.3. The maximum Gasteiger partial charge on any atom is 0.252 e. The number of halogens is 1. The first kappa shape index (κ1) is 9.62. The minimum Gasteiger partial charge on any atom is -0.247 e. The van der Waals surface area contributed by atoms with Crippen LogP contribution in [0.4, 0.5) is 0 Å². The number of rotatable bonds is 2. The summed E-state index contributed by atoms with van der Waals surface area (Å²) in [4.78, 5) is 7.73.